The maximum Gasteiger partial charge on any atom is 0.113 e. The van der Waals surface area contributed by atoms with Gasteiger partial charge in [0, 0.05) is 12.6 Å². The lowest BCUT2D eigenvalue weighted by atomic mass is 10.1. The molecule has 1 aromatic heterocycles. The van der Waals surface area contributed by atoms with Gasteiger partial charge in [-0.25, -0.2) is 4.98 Å². The van der Waals surface area contributed by atoms with Gasteiger partial charge in [-0.15, -0.1) is 11.3 Å². The lowest BCUT2D eigenvalue weighted by Gasteiger charge is -2.11. The summed E-state index contributed by atoms with van der Waals surface area (Å²) in [4.78, 5) is 4.19. The van der Waals surface area contributed by atoms with Gasteiger partial charge in [0.25, 0.3) is 0 Å². The molecule has 0 aliphatic rings. The van der Waals surface area contributed by atoms with Gasteiger partial charge in [0.05, 0.1) is 6.20 Å². The van der Waals surface area contributed by atoms with Crippen molar-refractivity contribution in [2.75, 3.05) is 0 Å². The summed E-state index contributed by atoms with van der Waals surface area (Å²) < 4.78 is 0.767. The van der Waals surface area contributed by atoms with Crippen LogP contribution in [0.15, 0.2) is 6.20 Å². The Morgan fingerprint density at radius 3 is 3.00 bits per heavy atom. The average Bonchev–Trinajstić information content (AvgIpc) is 2.58. The predicted octanol–water partition coefficient (Wildman–Crippen LogP) is 3.46. The van der Waals surface area contributed by atoms with Crippen molar-refractivity contribution in [3.63, 3.8) is 0 Å². The Labute approximate surface area is 94.7 Å². The highest BCUT2D eigenvalue weighted by Gasteiger charge is 2.03. The van der Waals surface area contributed by atoms with E-state index in [-0.39, 0.29) is 0 Å². The van der Waals surface area contributed by atoms with Crippen LogP contribution < -0.4 is 5.32 Å². The van der Waals surface area contributed by atoms with Gasteiger partial charge < -0.3 is 5.32 Å². The van der Waals surface area contributed by atoms with E-state index in [9.17, 15) is 0 Å². The molecule has 0 aromatic carbocycles. The number of unbranched alkanes of at least 4 members (excludes halogenated alkanes) is 1. The smallest absolute Gasteiger partial charge is 0.113 e. The van der Waals surface area contributed by atoms with Crippen LogP contribution >= 0.6 is 22.9 Å². The van der Waals surface area contributed by atoms with Gasteiger partial charge in [0.1, 0.15) is 9.34 Å². The molecular weight excluding hydrogens is 216 g/mol. The lowest BCUT2D eigenvalue weighted by molar-refractivity contribution is 0.494. The normalized spacial score (nSPS) is 13.1. The van der Waals surface area contributed by atoms with Gasteiger partial charge in [-0.1, -0.05) is 31.4 Å². The zero-order valence-corrected chi connectivity index (χ0v) is 10.3. The molecule has 80 valence electrons. The standard InChI is InChI=1S/C10H17ClN2S/c1-3-4-5-8(2)12-7-10-13-6-9(11)14-10/h6,8,12H,3-5,7H2,1-2H3. The number of thiazole rings is 1. The second kappa shape index (κ2) is 6.38. The van der Waals surface area contributed by atoms with Crippen LogP contribution in [0.5, 0.6) is 0 Å². The van der Waals surface area contributed by atoms with E-state index in [0.29, 0.717) is 6.04 Å². The minimum Gasteiger partial charge on any atom is -0.308 e. The van der Waals surface area contributed by atoms with Gasteiger partial charge in [-0.3, -0.25) is 0 Å². The molecule has 0 fully saturated rings. The van der Waals surface area contributed by atoms with Crippen LogP contribution in [-0.4, -0.2) is 11.0 Å². The molecule has 1 unspecified atom stereocenters. The van der Waals surface area contributed by atoms with Crippen molar-refractivity contribution in [3.05, 3.63) is 15.5 Å². The molecule has 0 radical (unpaired) electrons. The molecule has 0 saturated carbocycles. The summed E-state index contributed by atoms with van der Waals surface area (Å²) in [5.74, 6) is 0. The second-order valence-corrected chi connectivity index (χ2v) is 5.23. The van der Waals surface area contributed by atoms with E-state index in [1.54, 1.807) is 17.5 Å². The van der Waals surface area contributed by atoms with Crippen molar-refractivity contribution in [2.24, 2.45) is 0 Å². The molecule has 1 rings (SSSR count). The molecule has 1 atom stereocenters. The summed E-state index contributed by atoms with van der Waals surface area (Å²) in [6.07, 6.45) is 5.48. The monoisotopic (exact) mass is 232 g/mol. The van der Waals surface area contributed by atoms with E-state index in [0.717, 1.165) is 15.9 Å². The summed E-state index contributed by atoms with van der Waals surface area (Å²) in [6, 6.07) is 0.567. The molecule has 2 nitrogen and oxygen atoms in total. The van der Waals surface area contributed by atoms with Gasteiger partial charge in [0.2, 0.25) is 0 Å². The highest BCUT2D eigenvalue weighted by molar-refractivity contribution is 7.15. The SMILES string of the molecule is CCCCC(C)NCc1ncc(Cl)s1. The molecule has 4 heteroatoms. The Morgan fingerprint density at radius 1 is 1.64 bits per heavy atom. The Morgan fingerprint density at radius 2 is 2.43 bits per heavy atom. The molecule has 14 heavy (non-hydrogen) atoms. The third-order valence-electron chi connectivity index (χ3n) is 2.12. The second-order valence-electron chi connectivity index (χ2n) is 3.48. The molecule has 0 saturated heterocycles. The van der Waals surface area contributed by atoms with Gasteiger partial charge in [-0.2, -0.15) is 0 Å². The van der Waals surface area contributed by atoms with E-state index in [1.807, 2.05) is 0 Å². The van der Waals surface area contributed by atoms with Crippen LogP contribution in [0.3, 0.4) is 0 Å². The number of hydrogen-bond donors (Lipinski definition) is 1. The maximum absolute atomic E-state index is 5.79. The molecule has 0 bridgehead atoms. The van der Waals surface area contributed by atoms with E-state index in [1.165, 1.54) is 19.3 Å². The van der Waals surface area contributed by atoms with E-state index in [2.05, 4.69) is 24.1 Å². The summed E-state index contributed by atoms with van der Waals surface area (Å²) >= 11 is 7.33. The summed E-state index contributed by atoms with van der Waals surface area (Å²) in [5, 5.41) is 4.50. The number of nitrogens with zero attached hydrogens (tertiary/aromatic N) is 1. The van der Waals surface area contributed by atoms with Gasteiger partial charge in [-0.05, 0) is 13.3 Å². The first-order chi connectivity index (χ1) is 6.72. The van der Waals surface area contributed by atoms with Crippen molar-refractivity contribution in [1.82, 2.24) is 10.3 Å². The van der Waals surface area contributed by atoms with E-state index < -0.39 is 0 Å². The Kier molecular flexibility index (Phi) is 5.45. The predicted molar refractivity (Wildman–Crippen MR) is 63.0 cm³/mol. The van der Waals surface area contributed by atoms with Gasteiger partial charge >= 0.3 is 0 Å². The van der Waals surface area contributed by atoms with Crippen LogP contribution in [0.1, 0.15) is 38.1 Å². The third kappa shape index (κ3) is 4.40. The Bertz CT molecular complexity index is 262. The number of hydrogen-bond acceptors (Lipinski definition) is 3. The fraction of sp³-hybridized carbons (Fsp3) is 0.700. The molecular formula is C10H17ClN2S. The summed E-state index contributed by atoms with van der Waals surface area (Å²) in [5.41, 5.74) is 0. The average molecular weight is 233 g/mol. The molecule has 1 N–H and O–H groups in total. The number of nitrogens with one attached hydrogen (secondary N) is 1. The first kappa shape index (κ1) is 12.0. The van der Waals surface area contributed by atoms with Crippen molar-refractivity contribution in [2.45, 2.75) is 45.7 Å². The quantitative estimate of drug-likeness (QED) is 0.813. The minimum atomic E-state index is 0.567. The zero-order valence-electron chi connectivity index (χ0n) is 8.72. The number of halogens is 1. The van der Waals surface area contributed by atoms with Crippen LogP contribution in [0.2, 0.25) is 4.34 Å². The molecule has 0 spiro atoms. The van der Waals surface area contributed by atoms with Crippen LogP contribution in [0.25, 0.3) is 0 Å². The summed E-state index contributed by atoms with van der Waals surface area (Å²) in [6.45, 7) is 5.26. The highest BCUT2D eigenvalue weighted by atomic mass is 35.5. The maximum atomic E-state index is 5.79. The van der Waals surface area contributed by atoms with E-state index >= 15 is 0 Å². The number of aromatic nitrogens is 1. The first-order valence-corrected chi connectivity index (χ1v) is 6.25. The molecule has 0 aliphatic carbocycles. The lowest BCUT2D eigenvalue weighted by Crippen LogP contribution is -2.25. The van der Waals surface area contributed by atoms with Crippen LogP contribution in [-0.2, 0) is 6.54 Å². The molecule has 0 amide bonds. The molecule has 1 aromatic rings. The zero-order chi connectivity index (χ0) is 10.4. The van der Waals surface area contributed by atoms with Gasteiger partial charge in [0.15, 0.2) is 0 Å². The Balaban J connectivity index is 2.20. The Hall–Kier alpha value is -0.120. The number of rotatable bonds is 6. The minimum absolute atomic E-state index is 0.567. The fourth-order valence-corrected chi connectivity index (χ4v) is 2.15. The topological polar surface area (TPSA) is 24.9 Å². The van der Waals surface area contributed by atoms with Crippen LogP contribution in [0, 0.1) is 0 Å². The summed E-state index contributed by atoms with van der Waals surface area (Å²) in [7, 11) is 0. The largest absolute Gasteiger partial charge is 0.308 e. The van der Waals surface area contributed by atoms with Crippen molar-refractivity contribution in [3.8, 4) is 0 Å². The highest BCUT2D eigenvalue weighted by Crippen LogP contribution is 2.18. The first-order valence-electron chi connectivity index (χ1n) is 5.06. The van der Waals surface area contributed by atoms with Crippen molar-refractivity contribution in [1.29, 1.82) is 0 Å². The van der Waals surface area contributed by atoms with Crippen molar-refractivity contribution < 1.29 is 0 Å². The van der Waals surface area contributed by atoms with Crippen molar-refractivity contribution >= 4 is 22.9 Å². The third-order valence-corrected chi connectivity index (χ3v) is 3.23. The molecule has 1 heterocycles. The van der Waals surface area contributed by atoms with Crippen LogP contribution in [0.4, 0.5) is 0 Å². The molecule has 0 aliphatic heterocycles. The fourth-order valence-electron chi connectivity index (χ4n) is 1.24. The van der Waals surface area contributed by atoms with E-state index in [4.69, 9.17) is 11.6 Å².